The molecular formula is C17H17BrN2O3. The second-order valence-corrected chi connectivity index (χ2v) is 7.60. The largest absolute Gasteiger partial charge is 0.272 e. The molecule has 5 rings (SSSR count). The van der Waals surface area contributed by atoms with E-state index in [0.29, 0.717) is 17.4 Å². The fraction of sp³-hybridized carbons (Fsp3) is 0.471. The maximum Gasteiger partial charge on any atom is 0.270 e. The Morgan fingerprint density at radius 2 is 1.43 bits per heavy atom. The molecule has 3 amide bonds. The maximum absolute atomic E-state index is 12.6. The van der Waals surface area contributed by atoms with Crippen LogP contribution in [0.15, 0.2) is 28.7 Å². The van der Waals surface area contributed by atoms with Gasteiger partial charge in [0.05, 0.1) is 11.8 Å². The predicted octanol–water partition coefficient (Wildman–Crippen LogP) is 2.52. The highest BCUT2D eigenvalue weighted by Crippen LogP contribution is 2.52. The number of carbonyl (C=O) groups excluding carboxylic acids is 3. The molecule has 2 atom stereocenters. The molecule has 1 N–H and O–H groups in total. The molecule has 6 heteroatoms. The summed E-state index contributed by atoms with van der Waals surface area (Å²) in [5.74, 6) is -0.711. The lowest BCUT2D eigenvalue weighted by Crippen LogP contribution is -2.46. The third-order valence-corrected chi connectivity index (χ3v) is 6.08. The molecule has 1 aromatic rings. The zero-order valence-electron chi connectivity index (χ0n) is 12.5. The van der Waals surface area contributed by atoms with Gasteiger partial charge in [-0.05, 0) is 61.8 Å². The predicted molar refractivity (Wildman–Crippen MR) is 85.9 cm³/mol. The van der Waals surface area contributed by atoms with Crippen molar-refractivity contribution in [3.8, 4) is 0 Å². The quantitative estimate of drug-likeness (QED) is 0.806. The molecule has 3 saturated carbocycles. The molecule has 2 bridgehead atoms. The van der Waals surface area contributed by atoms with Crippen LogP contribution in [-0.2, 0) is 9.59 Å². The standard InChI is InChI=1S/C17H17BrN2O3/c18-12-7-5-11(6-8-12)15(21)19-20-16(22)13-9-1-2-10(4-3-9)14(13)17(20)23/h5-10,13-14H,1-4H2,(H,19,21)/t9?,10?,13-,14?/m1/s1. The van der Waals surface area contributed by atoms with Crippen molar-refractivity contribution in [1.29, 1.82) is 0 Å². The molecular weight excluding hydrogens is 360 g/mol. The molecule has 4 fully saturated rings. The summed E-state index contributed by atoms with van der Waals surface area (Å²) in [7, 11) is 0. The molecule has 1 unspecified atom stereocenters. The summed E-state index contributed by atoms with van der Waals surface area (Å²) in [6.07, 6.45) is 4.11. The second-order valence-electron chi connectivity index (χ2n) is 6.69. The number of hydrogen-bond acceptors (Lipinski definition) is 3. The van der Waals surface area contributed by atoms with Crippen molar-refractivity contribution in [1.82, 2.24) is 10.4 Å². The fourth-order valence-electron chi connectivity index (χ4n) is 4.44. The minimum atomic E-state index is -0.426. The smallest absolute Gasteiger partial charge is 0.270 e. The van der Waals surface area contributed by atoms with Gasteiger partial charge in [-0.3, -0.25) is 19.8 Å². The lowest BCUT2D eigenvalue weighted by Gasteiger charge is -2.42. The van der Waals surface area contributed by atoms with E-state index < -0.39 is 5.91 Å². The molecule has 120 valence electrons. The van der Waals surface area contributed by atoms with Crippen LogP contribution in [0.4, 0.5) is 0 Å². The number of benzene rings is 1. The molecule has 0 aromatic heterocycles. The first-order valence-corrected chi connectivity index (χ1v) is 8.80. The fourth-order valence-corrected chi connectivity index (χ4v) is 4.71. The number of nitrogens with one attached hydrogen (secondary N) is 1. The Bertz CT molecular complexity index is 650. The number of hydrazine groups is 1. The first-order valence-electron chi connectivity index (χ1n) is 8.00. The van der Waals surface area contributed by atoms with Gasteiger partial charge in [0.1, 0.15) is 0 Å². The lowest BCUT2D eigenvalue weighted by atomic mass is 9.59. The molecule has 1 saturated heterocycles. The second kappa shape index (κ2) is 5.44. The highest BCUT2D eigenvalue weighted by molar-refractivity contribution is 9.10. The summed E-state index contributed by atoms with van der Waals surface area (Å²) < 4.78 is 0.866. The van der Waals surface area contributed by atoms with Crippen molar-refractivity contribution >= 4 is 33.7 Å². The van der Waals surface area contributed by atoms with Crippen molar-refractivity contribution in [3.63, 3.8) is 0 Å². The Balaban J connectivity index is 1.55. The zero-order chi connectivity index (χ0) is 16.1. The normalized spacial score (nSPS) is 32.1. The number of amides is 3. The number of fused-ring (bicyclic) bond motifs is 2. The lowest BCUT2D eigenvalue weighted by molar-refractivity contribution is -0.143. The summed E-state index contributed by atoms with van der Waals surface area (Å²) in [5, 5.41) is 0.982. The third kappa shape index (κ3) is 2.31. The van der Waals surface area contributed by atoms with Crippen LogP contribution in [-0.4, -0.2) is 22.7 Å². The Morgan fingerprint density at radius 3 is 1.91 bits per heavy atom. The highest BCUT2D eigenvalue weighted by atomic mass is 79.9. The van der Waals surface area contributed by atoms with E-state index in [4.69, 9.17) is 0 Å². The van der Waals surface area contributed by atoms with Crippen molar-refractivity contribution < 1.29 is 14.4 Å². The molecule has 0 radical (unpaired) electrons. The van der Waals surface area contributed by atoms with Gasteiger partial charge in [0.2, 0.25) is 0 Å². The van der Waals surface area contributed by atoms with Gasteiger partial charge < -0.3 is 0 Å². The van der Waals surface area contributed by atoms with Gasteiger partial charge in [0, 0.05) is 10.0 Å². The van der Waals surface area contributed by atoms with Crippen LogP contribution in [0.5, 0.6) is 0 Å². The van der Waals surface area contributed by atoms with Crippen LogP contribution < -0.4 is 5.43 Å². The molecule has 0 spiro atoms. The molecule has 5 nitrogen and oxygen atoms in total. The number of nitrogens with zero attached hydrogens (tertiary/aromatic N) is 1. The molecule has 1 heterocycles. The van der Waals surface area contributed by atoms with Crippen LogP contribution in [0.2, 0.25) is 0 Å². The zero-order valence-corrected chi connectivity index (χ0v) is 14.1. The average Bonchev–Trinajstić information content (AvgIpc) is 2.83. The minimum Gasteiger partial charge on any atom is -0.272 e. The number of imide groups is 1. The van der Waals surface area contributed by atoms with Crippen molar-refractivity contribution in [2.75, 3.05) is 0 Å². The summed E-state index contributed by atoms with van der Waals surface area (Å²) in [5.41, 5.74) is 2.94. The number of halogens is 1. The SMILES string of the molecule is O=C(NN1C(=O)C2C3CCC(CC3)[C@H]2C1=O)c1ccc(Br)cc1. The highest BCUT2D eigenvalue weighted by Gasteiger charge is 2.58. The van der Waals surface area contributed by atoms with Crippen LogP contribution in [0.3, 0.4) is 0 Å². The van der Waals surface area contributed by atoms with Crippen molar-refractivity contribution in [2.24, 2.45) is 23.7 Å². The van der Waals surface area contributed by atoms with Gasteiger partial charge in [0.25, 0.3) is 17.7 Å². The van der Waals surface area contributed by atoms with Gasteiger partial charge in [-0.25, -0.2) is 0 Å². The van der Waals surface area contributed by atoms with Gasteiger partial charge in [-0.2, -0.15) is 5.01 Å². The summed E-state index contributed by atoms with van der Waals surface area (Å²) in [4.78, 5) is 37.6. The molecule has 1 aromatic carbocycles. The van der Waals surface area contributed by atoms with Crippen LogP contribution in [0, 0.1) is 23.7 Å². The minimum absolute atomic E-state index is 0.222. The maximum atomic E-state index is 12.6. The molecule has 3 aliphatic carbocycles. The monoisotopic (exact) mass is 376 g/mol. The Kier molecular flexibility index (Phi) is 3.52. The first kappa shape index (κ1) is 14.9. The number of rotatable bonds is 2. The summed E-state index contributed by atoms with van der Waals surface area (Å²) in [6.45, 7) is 0. The number of hydrogen-bond donors (Lipinski definition) is 1. The van der Waals surface area contributed by atoms with E-state index in [1.165, 1.54) is 0 Å². The van der Waals surface area contributed by atoms with Gasteiger partial charge in [0.15, 0.2) is 0 Å². The van der Waals surface area contributed by atoms with E-state index in [-0.39, 0.29) is 23.7 Å². The summed E-state index contributed by atoms with van der Waals surface area (Å²) >= 11 is 3.31. The molecule has 1 aliphatic heterocycles. The Labute approximate surface area is 142 Å². The van der Waals surface area contributed by atoms with E-state index in [1.807, 2.05) is 0 Å². The van der Waals surface area contributed by atoms with Gasteiger partial charge in [-0.15, -0.1) is 0 Å². The van der Waals surface area contributed by atoms with Gasteiger partial charge >= 0.3 is 0 Å². The van der Waals surface area contributed by atoms with Gasteiger partial charge in [-0.1, -0.05) is 15.9 Å². The van der Waals surface area contributed by atoms with E-state index in [2.05, 4.69) is 21.4 Å². The summed E-state index contributed by atoms with van der Waals surface area (Å²) in [6, 6.07) is 6.81. The van der Waals surface area contributed by atoms with E-state index in [0.717, 1.165) is 35.2 Å². The van der Waals surface area contributed by atoms with Crippen LogP contribution in [0.1, 0.15) is 36.0 Å². The topological polar surface area (TPSA) is 66.5 Å². The van der Waals surface area contributed by atoms with Crippen molar-refractivity contribution in [3.05, 3.63) is 34.3 Å². The van der Waals surface area contributed by atoms with Crippen LogP contribution in [0.25, 0.3) is 0 Å². The average molecular weight is 377 g/mol. The Morgan fingerprint density at radius 1 is 0.957 bits per heavy atom. The van der Waals surface area contributed by atoms with E-state index >= 15 is 0 Å². The Hall–Kier alpha value is -1.69. The first-order chi connectivity index (χ1) is 11.1. The number of carbonyl (C=O) groups is 3. The third-order valence-electron chi connectivity index (χ3n) is 5.55. The molecule has 4 aliphatic rings. The van der Waals surface area contributed by atoms with Crippen molar-refractivity contribution in [2.45, 2.75) is 25.7 Å². The van der Waals surface area contributed by atoms with E-state index in [9.17, 15) is 14.4 Å². The molecule has 23 heavy (non-hydrogen) atoms. The van der Waals surface area contributed by atoms with E-state index in [1.54, 1.807) is 24.3 Å². The van der Waals surface area contributed by atoms with Crippen LogP contribution >= 0.6 is 15.9 Å².